The molecule has 0 aliphatic carbocycles. The number of nitrogens with zero attached hydrogens (tertiary/aromatic N) is 2. The van der Waals surface area contributed by atoms with Gasteiger partial charge in [0.25, 0.3) is 0 Å². The first kappa shape index (κ1) is 27.7. The molecule has 0 atom stereocenters. The third-order valence-corrected chi connectivity index (χ3v) is 3.31. The van der Waals surface area contributed by atoms with E-state index in [-0.39, 0.29) is 38.5 Å². The van der Waals surface area contributed by atoms with Gasteiger partial charge in [0.2, 0.25) is 11.8 Å². The van der Waals surface area contributed by atoms with Crippen LogP contribution in [0, 0.1) is 11.8 Å². The van der Waals surface area contributed by atoms with Crippen molar-refractivity contribution in [2.45, 2.75) is 42.5 Å². The van der Waals surface area contributed by atoms with Gasteiger partial charge >= 0.3 is 0 Å². The van der Waals surface area contributed by atoms with E-state index in [0.29, 0.717) is 0 Å². The number of rotatable bonds is 5. The van der Waals surface area contributed by atoms with Crippen molar-refractivity contribution in [3.8, 4) is 0 Å². The molecule has 2 N–H and O–H groups in total. The molecule has 1 fully saturated rings. The van der Waals surface area contributed by atoms with Gasteiger partial charge in [0.15, 0.2) is 0 Å². The monoisotopic (exact) mass is 346 g/mol. The summed E-state index contributed by atoms with van der Waals surface area (Å²) in [6.07, 6.45) is 0. The van der Waals surface area contributed by atoms with E-state index in [1.807, 2.05) is 51.6 Å². The summed E-state index contributed by atoms with van der Waals surface area (Å²) in [7, 11) is 3.98. The highest BCUT2D eigenvalue weighted by Crippen LogP contribution is 2.01. The second-order valence-electron chi connectivity index (χ2n) is 6.48. The molecule has 0 radical (unpaired) electrons. The molecule has 0 bridgehead atoms. The Balaban J connectivity index is -0.000000339. The summed E-state index contributed by atoms with van der Waals surface area (Å²) in [4.78, 5) is 26.4. The Labute approximate surface area is 150 Å². The highest BCUT2D eigenvalue weighted by molar-refractivity contribution is 5.78. The maximum absolute atomic E-state index is 11.4. The molecule has 0 unspecified atom stereocenters. The molecule has 1 saturated heterocycles. The van der Waals surface area contributed by atoms with Gasteiger partial charge in [0, 0.05) is 51.1 Å². The quantitative estimate of drug-likeness (QED) is 0.795. The zero-order chi connectivity index (χ0) is 17.1. The Morgan fingerprint density at radius 1 is 1.04 bits per heavy atom. The lowest BCUT2D eigenvalue weighted by Crippen LogP contribution is -2.47. The van der Waals surface area contributed by atoms with Crippen molar-refractivity contribution >= 4 is 11.8 Å². The van der Waals surface area contributed by atoms with Crippen LogP contribution in [-0.4, -0.2) is 75.0 Å². The minimum absolute atomic E-state index is 0. The SMILES string of the molecule is C.C.CC(C)C(=O)N1CCNCC1.CC(C)C(=O)NCCN(C)C. The summed E-state index contributed by atoms with van der Waals surface area (Å²) < 4.78 is 0. The molecule has 6 nitrogen and oxygen atoms in total. The summed E-state index contributed by atoms with van der Waals surface area (Å²) in [5, 5.41) is 6.05. The standard InChI is InChI=1S/C8H16N2O.C8H18N2O.2CH4/c1-7(2)8(11)10-5-3-9-4-6-10;1-7(2)8(11)9-5-6-10(3)4;;/h7,9H,3-6H2,1-2H3;7H,5-6H2,1-4H3,(H,9,11);2*1H4. The van der Waals surface area contributed by atoms with Crippen molar-refractivity contribution in [3.05, 3.63) is 0 Å². The number of likely N-dealkylation sites (N-methyl/N-ethyl adjacent to an activating group) is 1. The highest BCUT2D eigenvalue weighted by atomic mass is 16.2. The van der Waals surface area contributed by atoms with Gasteiger partial charge in [-0.1, -0.05) is 42.5 Å². The van der Waals surface area contributed by atoms with Crippen molar-refractivity contribution < 1.29 is 9.59 Å². The van der Waals surface area contributed by atoms with Crippen molar-refractivity contribution in [1.82, 2.24) is 20.4 Å². The number of hydrogen-bond acceptors (Lipinski definition) is 4. The number of hydrogen-bond donors (Lipinski definition) is 2. The van der Waals surface area contributed by atoms with Gasteiger partial charge < -0.3 is 20.4 Å². The average Bonchev–Trinajstić information content (AvgIpc) is 2.47. The van der Waals surface area contributed by atoms with E-state index >= 15 is 0 Å². The van der Waals surface area contributed by atoms with Crippen LogP contribution in [0.1, 0.15) is 42.5 Å². The summed E-state index contributed by atoms with van der Waals surface area (Å²) in [6, 6.07) is 0. The van der Waals surface area contributed by atoms with E-state index < -0.39 is 0 Å². The topological polar surface area (TPSA) is 64.7 Å². The fourth-order valence-electron chi connectivity index (χ4n) is 1.86. The molecule has 24 heavy (non-hydrogen) atoms. The Morgan fingerprint density at radius 3 is 1.92 bits per heavy atom. The Hall–Kier alpha value is -1.14. The van der Waals surface area contributed by atoms with Crippen LogP contribution >= 0.6 is 0 Å². The molecule has 1 aliphatic heterocycles. The van der Waals surface area contributed by atoms with Crippen LogP contribution in [0.15, 0.2) is 0 Å². The van der Waals surface area contributed by atoms with Gasteiger partial charge in [-0.3, -0.25) is 9.59 Å². The first-order valence-electron chi connectivity index (χ1n) is 8.17. The molecule has 2 amide bonds. The third-order valence-electron chi connectivity index (χ3n) is 3.31. The predicted molar refractivity (Wildman–Crippen MR) is 104 cm³/mol. The van der Waals surface area contributed by atoms with Gasteiger partial charge in [-0.2, -0.15) is 0 Å². The van der Waals surface area contributed by atoms with Gasteiger partial charge in [-0.15, -0.1) is 0 Å². The smallest absolute Gasteiger partial charge is 0.225 e. The van der Waals surface area contributed by atoms with E-state index in [2.05, 4.69) is 10.6 Å². The molecule has 0 aromatic heterocycles. The number of piperazine rings is 1. The molecule has 0 aromatic rings. The molecule has 0 aromatic carbocycles. The number of carbonyl (C=O) groups is 2. The van der Waals surface area contributed by atoms with Gasteiger partial charge in [0.05, 0.1) is 0 Å². The molecule has 1 rings (SSSR count). The average molecular weight is 347 g/mol. The lowest BCUT2D eigenvalue weighted by Gasteiger charge is -2.28. The maximum Gasteiger partial charge on any atom is 0.225 e. The molecular weight excluding hydrogens is 304 g/mol. The summed E-state index contributed by atoms with van der Waals surface area (Å²) in [6.45, 7) is 13.0. The Morgan fingerprint density at radius 2 is 1.54 bits per heavy atom. The van der Waals surface area contributed by atoms with Crippen LogP contribution in [0.5, 0.6) is 0 Å². The molecular formula is C18H42N4O2. The van der Waals surface area contributed by atoms with Crippen molar-refractivity contribution in [1.29, 1.82) is 0 Å². The van der Waals surface area contributed by atoms with Crippen LogP contribution < -0.4 is 10.6 Å². The lowest BCUT2D eigenvalue weighted by molar-refractivity contribution is -0.135. The highest BCUT2D eigenvalue weighted by Gasteiger charge is 2.18. The van der Waals surface area contributed by atoms with Crippen molar-refractivity contribution in [2.24, 2.45) is 11.8 Å². The van der Waals surface area contributed by atoms with E-state index in [1.165, 1.54) is 0 Å². The van der Waals surface area contributed by atoms with Crippen molar-refractivity contribution in [3.63, 3.8) is 0 Å². The van der Waals surface area contributed by atoms with Crippen LogP contribution in [-0.2, 0) is 9.59 Å². The largest absolute Gasteiger partial charge is 0.355 e. The van der Waals surface area contributed by atoms with Crippen LogP contribution in [0.4, 0.5) is 0 Å². The van der Waals surface area contributed by atoms with Gasteiger partial charge in [0.1, 0.15) is 0 Å². The molecule has 1 heterocycles. The summed E-state index contributed by atoms with van der Waals surface area (Å²) in [5.74, 6) is 0.656. The Kier molecular flexibility index (Phi) is 17.8. The van der Waals surface area contributed by atoms with E-state index in [9.17, 15) is 9.59 Å². The Bertz CT molecular complexity index is 325. The predicted octanol–water partition coefficient (Wildman–Crippen LogP) is 1.67. The summed E-state index contributed by atoms with van der Waals surface area (Å²) in [5.41, 5.74) is 0. The van der Waals surface area contributed by atoms with Crippen LogP contribution in [0.3, 0.4) is 0 Å². The minimum atomic E-state index is 0. The second kappa shape index (κ2) is 15.4. The van der Waals surface area contributed by atoms with E-state index in [1.54, 1.807) is 0 Å². The molecule has 6 heteroatoms. The number of nitrogens with one attached hydrogen (secondary N) is 2. The van der Waals surface area contributed by atoms with Crippen LogP contribution in [0.25, 0.3) is 0 Å². The first-order valence-corrected chi connectivity index (χ1v) is 8.17. The van der Waals surface area contributed by atoms with E-state index in [0.717, 1.165) is 39.3 Å². The molecule has 0 saturated carbocycles. The maximum atomic E-state index is 11.4. The van der Waals surface area contributed by atoms with Gasteiger partial charge in [-0.25, -0.2) is 0 Å². The van der Waals surface area contributed by atoms with Crippen LogP contribution in [0.2, 0.25) is 0 Å². The summed E-state index contributed by atoms with van der Waals surface area (Å²) >= 11 is 0. The van der Waals surface area contributed by atoms with Gasteiger partial charge in [-0.05, 0) is 14.1 Å². The molecule has 0 spiro atoms. The first-order chi connectivity index (χ1) is 10.3. The lowest BCUT2D eigenvalue weighted by atomic mass is 10.2. The van der Waals surface area contributed by atoms with Crippen molar-refractivity contribution in [2.75, 3.05) is 53.4 Å². The third kappa shape index (κ3) is 13.3. The second-order valence-corrected chi connectivity index (χ2v) is 6.48. The molecule has 1 aliphatic rings. The molecule has 146 valence electrons. The number of carbonyl (C=O) groups excluding carboxylic acids is 2. The fourth-order valence-corrected chi connectivity index (χ4v) is 1.86. The zero-order valence-electron chi connectivity index (χ0n) is 15.1. The fraction of sp³-hybridized carbons (Fsp3) is 0.889. The zero-order valence-corrected chi connectivity index (χ0v) is 15.1. The minimum Gasteiger partial charge on any atom is -0.355 e. The number of amides is 2. The van der Waals surface area contributed by atoms with E-state index in [4.69, 9.17) is 0 Å². The normalized spacial score (nSPS) is 13.6.